The van der Waals surface area contributed by atoms with Crippen molar-refractivity contribution in [2.24, 2.45) is 0 Å². The third-order valence-electron chi connectivity index (χ3n) is 7.53. The number of carbonyl (C=O) groups is 1. The molecule has 1 fully saturated rings. The van der Waals surface area contributed by atoms with E-state index in [1.807, 2.05) is 60.7 Å². The van der Waals surface area contributed by atoms with Crippen molar-refractivity contribution in [3.63, 3.8) is 0 Å². The number of para-hydroxylation sites is 1. The van der Waals surface area contributed by atoms with Gasteiger partial charge in [-0.2, -0.15) is 0 Å². The summed E-state index contributed by atoms with van der Waals surface area (Å²) in [6.07, 6.45) is -0.585. The van der Waals surface area contributed by atoms with Crippen molar-refractivity contribution >= 4 is 33.0 Å². The molecule has 5 aromatic carbocycles. The van der Waals surface area contributed by atoms with Gasteiger partial charge in [0, 0.05) is 49.5 Å². The van der Waals surface area contributed by atoms with Crippen LogP contribution in [-0.4, -0.2) is 61.2 Å². The lowest BCUT2D eigenvalue weighted by Gasteiger charge is -2.36. The number of piperazine rings is 1. The van der Waals surface area contributed by atoms with Gasteiger partial charge in [0.15, 0.2) is 5.78 Å². The number of benzene rings is 5. The van der Waals surface area contributed by atoms with Crippen molar-refractivity contribution in [2.45, 2.75) is 6.10 Å². The second-order valence-corrected chi connectivity index (χ2v) is 10.1. The zero-order chi connectivity index (χ0) is 26.6. The van der Waals surface area contributed by atoms with Crippen molar-refractivity contribution in [1.29, 1.82) is 0 Å². The minimum absolute atomic E-state index is 0.0156. The Morgan fingerprint density at radius 1 is 0.744 bits per heavy atom. The maximum Gasteiger partial charge on any atom is 0.193 e. The number of nitrogens with zero attached hydrogens (tertiary/aromatic N) is 2. The molecule has 0 aliphatic carbocycles. The lowest BCUT2D eigenvalue weighted by Crippen LogP contribution is -2.49. The smallest absolute Gasteiger partial charge is 0.193 e. The molecule has 6 rings (SSSR count). The third-order valence-corrected chi connectivity index (χ3v) is 7.53. The molecule has 0 bridgehead atoms. The fraction of sp³-hybridized carbons (Fsp3) is 0.206. The summed E-state index contributed by atoms with van der Waals surface area (Å²) in [6, 6.07) is 35.9. The van der Waals surface area contributed by atoms with Gasteiger partial charge in [-0.25, -0.2) is 0 Å². The molecule has 0 aromatic heterocycles. The van der Waals surface area contributed by atoms with E-state index in [-0.39, 0.29) is 12.4 Å². The van der Waals surface area contributed by atoms with Gasteiger partial charge < -0.3 is 14.7 Å². The van der Waals surface area contributed by atoms with Gasteiger partial charge in [0.05, 0.1) is 0 Å². The zero-order valence-electron chi connectivity index (χ0n) is 21.9. The predicted octanol–water partition coefficient (Wildman–Crippen LogP) is 5.79. The minimum Gasteiger partial charge on any atom is -0.491 e. The number of ketones is 1. The van der Waals surface area contributed by atoms with E-state index >= 15 is 0 Å². The molecule has 0 unspecified atom stereocenters. The summed E-state index contributed by atoms with van der Waals surface area (Å²) in [5, 5.41) is 14.8. The molecule has 1 N–H and O–H groups in total. The Labute approximate surface area is 228 Å². The Bertz CT molecular complexity index is 1580. The van der Waals surface area contributed by atoms with Crippen molar-refractivity contribution in [2.75, 3.05) is 44.2 Å². The number of β-amino-alcohol motifs (C(OH)–C–C–N with tert-alkyl or cyclic N) is 1. The molecular formula is C34H32N2O3. The summed E-state index contributed by atoms with van der Waals surface area (Å²) in [5.41, 5.74) is 2.55. The monoisotopic (exact) mass is 516 g/mol. The number of aliphatic hydroxyl groups excluding tert-OH is 1. The topological polar surface area (TPSA) is 53.0 Å². The molecule has 1 aliphatic heterocycles. The van der Waals surface area contributed by atoms with Crippen LogP contribution >= 0.6 is 0 Å². The fourth-order valence-corrected chi connectivity index (χ4v) is 5.47. The Hall–Kier alpha value is -4.19. The summed E-state index contributed by atoms with van der Waals surface area (Å²) in [4.78, 5) is 18.2. The van der Waals surface area contributed by atoms with E-state index in [0.29, 0.717) is 23.4 Å². The molecule has 0 saturated carbocycles. The second kappa shape index (κ2) is 11.3. The van der Waals surface area contributed by atoms with Gasteiger partial charge in [0.25, 0.3) is 0 Å². The molecule has 5 heteroatoms. The van der Waals surface area contributed by atoms with Crippen LogP contribution in [0.25, 0.3) is 21.5 Å². The quantitative estimate of drug-likeness (QED) is 0.209. The van der Waals surface area contributed by atoms with E-state index in [4.69, 9.17) is 4.74 Å². The highest BCUT2D eigenvalue weighted by Crippen LogP contribution is 2.30. The molecule has 5 aromatic rings. The van der Waals surface area contributed by atoms with Gasteiger partial charge in [0.1, 0.15) is 18.5 Å². The lowest BCUT2D eigenvalue weighted by molar-refractivity contribution is 0.0663. The van der Waals surface area contributed by atoms with Crippen LogP contribution in [0.3, 0.4) is 0 Å². The van der Waals surface area contributed by atoms with Gasteiger partial charge in [-0.3, -0.25) is 9.69 Å². The predicted molar refractivity (Wildman–Crippen MR) is 158 cm³/mol. The van der Waals surface area contributed by atoms with Crippen LogP contribution in [0, 0.1) is 0 Å². The molecular weight excluding hydrogens is 484 g/mol. The van der Waals surface area contributed by atoms with E-state index in [1.54, 1.807) is 12.1 Å². The van der Waals surface area contributed by atoms with E-state index in [2.05, 4.69) is 46.2 Å². The maximum atomic E-state index is 13.5. The Morgan fingerprint density at radius 3 is 2.13 bits per heavy atom. The number of ether oxygens (including phenoxy) is 1. The van der Waals surface area contributed by atoms with Crippen molar-refractivity contribution in [3.05, 3.63) is 120 Å². The van der Waals surface area contributed by atoms with Crippen molar-refractivity contribution in [1.82, 2.24) is 4.90 Å². The molecule has 5 nitrogen and oxygen atoms in total. The molecule has 196 valence electrons. The fourth-order valence-electron chi connectivity index (χ4n) is 5.47. The third kappa shape index (κ3) is 5.51. The van der Waals surface area contributed by atoms with Crippen LogP contribution in [0.2, 0.25) is 0 Å². The van der Waals surface area contributed by atoms with Crippen molar-refractivity contribution < 1.29 is 14.6 Å². The summed E-state index contributed by atoms with van der Waals surface area (Å²) >= 11 is 0. The Morgan fingerprint density at radius 2 is 1.38 bits per heavy atom. The zero-order valence-corrected chi connectivity index (χ0v) is 21.9. The van der Waals surface area contributed by atoms with Gasteiger partial charge in [-0.1, -0.05) is 66.7 Å². The highest BCUT2D eigenvalue weighted by molar-refractivity contribution is 6.22. The number of carbonyl (C=O) groups excluding carboxylic acids is 1. The average Bonchev–Trinajstić information content (AvgIpc) is 3.00. The normalized spacial score (nSPS) is 14.9. The number of aliphatic hydroxyl groups is 1. The molecule has 1 aliphatic rings. The SMILES string of the molecule is O=C(c1ccc(OC[C@H](O)CN2CCN(c3ccccc3)CC2)cc1)c1cc2ccccc2c2ccccc12. The summed E-state index contributed by atoms with van der Waals surface area (Å²) in [7, 11) is 0. The highest BCUT2D eigenvalue weighted by atomic mass is 16.5. The van der Waals surface area contributed by atoms with Crippen LogP contribution < -0.4 is 9.64 Å². The first-order valence-electron chi connectivity index (χ1n) is 13.5. The van der Waals surface area contributed by atoms with Crippen LogP contribution in [0.5, 0.6) is 5.75 Å². The standard InChI is InChI=1S/C34H32N2O3/c37-28(23-35-18-20-36(21-19-35)27-9-2-1-3-10-27)24-39-29-16-14-25(15-17-29)34(38)33-22-26-8-4-5-11-30(26)31-12-6-7-13-32(31)33/h1-17,22,28,37H,18-21,23-24H2/t28-/m1/s1. The molecule has 1 atom stereocenters. The van der Waals surface area contributed by atoms with E-state index in [0.717, 1.165) is 47.7 Å². The van der Waals surface area contributed by atoms with Crippen molar-refractivity contribution in [3.8, 4) is 5.75 Å². The summed E-state index contributed by atoms with van der Waals surface area (Å²) in [6.45, 7) is 4.49. The van der Waals surface area contributed by atoms with E-state index in [9.17, 15) is 9.90 Å². The number of anilines is 1. The summed E-state index contributed by atoms with van der Waals surface area (Å²) < 4.78 is 5.87. The molecule has 1 heterocycles. The molecule has 0 radical (unpaired) electrons. The second-order valence-electron chi connectivity index (χ2n) is 10.1. The van der Waals surface area contributed by atoms with Gasteiger partial charge >= 0.3 is 0 Å². The van der Waals surface area contributed by atoms with Crippen LogP contribution in [0.4, 0.5) is 5.69 Å². The minimum atomic E-state index is -0.585. The number of rotatable bonds is 8. The Balaban J connectivity index is 1.06. The molecule has 0 spiro atoms. The first-order chi connectivity index (χ1) is 19.2. The van der Waals surface area contributed by atoms with Gasteiger partial charge in [-0.05, 0) is 64.0 Å². The maximum absolute atomic E-state index is 13.5. The molecule has 39 heavy (non-hydrogen) atoms. The molecule has 1 saturated heterocycles. The van der Waals surface area contributed by atoms with Crippen LogP contribution in [0.15, 0.2) is 109 Å². The first kappa shape index (κ1) is 25.1. The number of fused-ring (bicyclic) bond motifs is 3. The average molecular weight is 517 g/mol. The number of hydrogen-bond acceptors (Lipinski definition) is 5. The first-order valence-corrected chi connectivity index (χ1v) is 13.5. The van der Waals surface area contributed by atoms with Crippen LogP contribution in [0.1, 0.15) is 15.9 Å². The largest absolute Gasteiger partial charge is 0.491 e. The molecule has 0 amide bonds. The highest BCUT2D eigenvalue weighted by Gasteiger charge is 2.20. The number of hydrogen-bond donors (Lipinski definition) is 1. The van der Waals surface area contributed by atoms with Gasteiger partial charge in [-0.15, -0.1) is 0 Å². The summed E-state index contributed by atoms with van der Waals surface area (Å²) in [5.74, 6) is 0.626. The Kier molecular flexibility index (Phi) is 7.26. The van der Waals surface area contributed by atoms with E-state index in [1.165, 1.54) is 5.69 Å². The van der Waals surface area contributed by atoms with E-state index < -0.39 is 6.10 Å². The van der Waals surface area contributed by atoms with Gasteiger partial charge in [0.2, 0.25) is 0 Å². The lowest BCUT2D eigenvalue weighted by atomic mass is 9.93. The van der Waals surface area contributed by atoms with Crippen LogP contribution in [-0.2, 0) is 0 Å².